The van der Waals surface area contributed by atoms with Gasteiger partial charge < -0.3 is 15.4 Å². The summed E-state index contributed by atoms with van der Waals surface area (Å²) >= 11 is 0. The zero-order chi connectivity index (χ0) is 15.5. The van der Waals surface area contributed by atoms with Gasteiger partial charge in [-0.05, 0) is 54.7 Å². The van der Waals surface area contributed by atoms with Crippen LogP contribution in [0.1, 0.15) is 24.8 Å². The molecule has 2 fully saturated rings. The van der Waals surface area contributed by atoms with Crippen LogP contribution in [0.3, 0.4) is 0 Å². The molecule has 2 aliphatic rings. The molecule has 4 heteroatoms. The SMILES string of the molecule is COc1cccc(C[C@H]2CCC[C@@H]3CN(C(=O)CN)C[C@H]23)c1. The molecule has 1 aromatic rings. The van der Waals surface area contributed by atoms with Crippen molar-refractivity contribution < 1.29 is 9.53 Å². The van der Waals surface area contributed by atoms with Crippen LogP contribution in [-0.2, 0) is 11.2 Å². The number of nitrogens with two attached hydrogens (primary N) is 1. The van der Waals surface area contributed by atoms with Gasteiger partial charge in [0, 0.05) is 13.1 Å². The van der Waals surface area contributed by atoms with Crippen molar-refractivity contribution in [3.63, 3.8) is 0 Å². The first-order chi connectivity index (χ1) is 10.7. The Hall–Kier alpha value is -1.55. The molecule has 0 spiro atoms. The summed E-state index contributed by atoms with van der Waals surface area (Å²) in [5.41, 5.74) is 6.87. The molecule has 1 aliphatic carbocycles. The number of hydrogen-bond acceptors (Lipinski definition) is 3. The third kappa shape index (κ3) is 3.12. The van der Waals surface area contributed by atoms with E-state index in [1.54, 1.807) is 7.11 Å². The summed E-state index contributed by atoms with van der Waals surface area (Å²) in [6.07, 6.45) is 4.89. The molecule has 120 valence electrons. The van der Waals surface area contributed by atoms with Crippen molar-refractivity contribution in [2.75, 3.05) is 26.7 Å². The van der Waals surface area contributed by atoms with Crippen molar-refractivity contribution in [3.05, 3.63) is 29.8 Å². The van der Waals surface area contributed by atoms with Crippen LogP contribution in [0, 0.1) is 17.8 Å². The minimum Gasteiger partial charge on any atom is -0.497 e. The lowest BCUT2D eigenvalue weighted by atomic mass is 9.71. The Morgan fingerprint density at radius 3 is 3.00 bits per heavy atom. The molecule has 1 heterocycles. The number of ether oxygens (including phenoxy) is 1. The van der Waals surface area contributed by atoms with E-state index in [4.69, 9.17) is 10.5 Å². The number of methoxy groups -OCH3 is 1. The molecule has 0 aromatic heterocycles. The Kier molecular flexibility index (Phi) is 4.67. The molecule has 0 bridgehead atoms. The highest BCUT2D eigenvalue weighted by Crippen LogP contribution is 2.41. The second kappa shape index (κ2) is 6.69. The van der Waals surface area contributed by atoms with Crippen LogP contribution in [-0.4, -0.2) is 37.6 Å². The quantitative estimate of drug-likeness (QED) is 0.926. The van der Waals surface area contributed by atoms with E-state index >= 15 is 0 Å². The minimum atomic E-state index is 0.106. The normalized spacial score (nSPS) is 27.5. The van der Waals surface area contributed by atoms with Gasteiger partial charge in [0.05, 0.1) is 13.7 Å². The maximum absolute atomic E-state index is 11.9. The van der Waals surface area contributed by atoms with Crippen LogP contribution >= 0.6 is 0 Å². The Bertz CT molecular complexity index is 532. The number of carbonyl (C=O) groups is 1. The molecule has 3 atom stereocenters. The highest BCUT2D eigenvalue weighted by Gasteiger charge is 2.41. The van der Waals surface area contributed by atoms with E-state index in [0.29, 0.717) is 17.8 Å². The second-order valence-electron chi connectivity index (χ2n) is 6.67. The average Bonchev–Trinajstić information content (AvgIpc) is 2.99. The first kappa shape index (κ1) is 15.3. The van der Waals surface area contributed by atoms with Gasteiger partial charge in [-0.25, -0.2) is 0 Å². The van der Waals surface area contributed by atoms with Crippen molar-refractivity contribution in [3.8, 4) is 5.75 Å². The third-order valence-corrected chi connectivity index (χ3v) is 5.41. The summed E-state index contributed by atoms with van der Waals surface area (Å²) in [5.74, 6) is 3.00. The molecule has 3 rings (SSSR count). The fourth-order valence-corrected chi connectivity index (χ4v) is 4.28. The molecule has 4 nitrogen and oxygen atoms in total. The first-order valence-corrected chi connectivity index (χ1v) is 8.32. The van der Waals surface area contributed by atoms with Crippen LogP contribution in [0.25, 0.3) is 0 Å². The summed E-state index contributed by atoms with van der Waals surface area (Å²) in [5, 5.41) is 0. The molecular formula is C18H26N2O2. The Morgan fingerprint density at radius 2 is 2.23 bits per heavy atom. The number of carbonyl (C=O) groups excluding carboxylic acids is 1. The molecule has 1 amide bonds. The first-order valence-electron chi connectivity index (χ1n) is 8.32. The number of hydrogen-bond donors (Lipinski definition) is 1. The van der Waals surface area contributed by atoms with Gasteiger partial charge >= 0.3 is 0 Å². The largest absolute Gasteiger partial charge is 0.497 e. The van der Waals surface area contributed by atoms with E-state index in [-0.39, 0.29) is 12.5 Å². The monoisotopic (exact) mass is 302 g/mol. The zero-order valence-electron chi connectivity index (χ0n) is 13.3. The Labute approximate surface area is 132 Å². The van der Waals surface area contributed by atoms with Crippen molar-refractivity contribution in [2.24, 2.45) is 23.5 Å². The fraction of sp³-hybridized carbons (Fsp3) is 0.611. The van der Waals surface area contributed by atoms with Gasteiger partial charge in [-0.3, -0.25) is 4.79 Å². The number of rotatable bonds is 4. The van der Waals surface area contributed by atoms with Gasteiger partial charge in [-0.2, -0.15) is 0 Å². The van der Waals surface area contributed by atoms with Crippen LogP contribution in [0.4, 0.5) is 0 Å². The standard InChI is InChI=1S/C18H26N2O2/c1-22-16-7-2-4-13(9-16)8-14-5-3-6-15-11-20(12-17(14)15)18(21)10-19/h2,4,7,9,14-15,17H,3,5-6,8,10-12,19H2,1H3/t14-,15-,17-/m1/s1. The number of benzene rings is 1. The molecule has 22 heavy (non-hydrogen) atoms. The molecule has 1 aliphatic heterocycles. The van der Waals surface area contributed by atoms with Gasteiger partial charge in [0.2, 0.25) is 5.91 Å². The summed E-state index contributed by atoms with van der Waals surface area (Å²) in [4.78, 5) is 13.9. The fourth-order valence-electron chi connectivity index (χ4n) is 4.28. The molecule has 1 saturated heterocycles. The van der Waals surface area contributed by atoms with Gasteiger partial charge in [-0.1, -0.05) is 18.6 Å². The molecule has 0 radical (unpaired) electrons. The second-order valence-corrected chi connectivity index (χ2v) is 6.67. The summed E-state index contributed by atoms with van der Waals surface area (Å²) < 4.78 is 5.33. The summed E-state index contributed by atoms with van der Waals surface area (Å²) in [6, 6.07) is 8.38. The van der Waals surface area contributed by atoms with E-state index in [1.807, 2.05) is 11.0 Å². The lowest BCUT2D eigenvalue weighted by Crippen LogP contribution is -2.34. The molecule has 0 unspecified atom stereocenters. The van der Waals surface area contributed by atoms with E-state index in [1.165, 1.54) is 24.8 Å². The van der Waals surface area contributed by atoms with E-state index in [2.05, 4.69) is 18.2 Å². The Balaban J connectivity index is 1.69. The smallest absolute Gasteiger partial charge is 0.236 e. The van der Waals surface area contributed by atoms with Crippen LogP contribution in [0.2, 0.25) is 0 Å². The molecule has 1 aromatic carbocycles. The van der Waals surface area contributed by atoms with E-state index in [0.717, 1.165) is 25.3 Å². The van der Waals surface area contributed by atoms with Crippen molar-refractivity contribution in [1.82, 2.24) is 4.90 Å². The topological polar surface area (TPSA) is 55.6 Å². The maximum Gasteiger partial charge on any atom is 0.236 e. The number of likely N-dealkylation sites (tertiary alicyclic amines) is 1. The van der Waals surface area contributed by atoms with Crippen LogP contribution in [0.5, 0.6) is 5.75 Å². The van der Waals surface area contributed by atoms with Gasteiger partial charge in [-0.15, -0.1) is 0 Å². The summed E-state index contributed by atoms with van der Waals surface area (Å²) in [6.45, 7) is 1.95. The molecule has 2 N–H and O–H groups in total. The predicted octanol–water partition coefficient (Wildman–Crippen LogP) is 2.07. The maximum atomic E-state index is 11.9. The van der Waals surface area contributed by atoms with Gasteiger partial charge in [0.25, 0.3) is 0 Å². The minimum absolute atomic E-state index is 0.106. The van der Waals surface area contributed by atoms with Crippen LogP contribution in [0.15, 0.2) is 24.3 Å². The third-order valence-electron chi connectivity index (χ3n) is 5.41. The number of amides is 1. The summed E-state index contributed by atoms with van der Waals surface area (Å²) in [7, 11) is 1.71. The van der Waals surface area contributed by atoms with Crippen molar-refractivity contribution in [2.45, 2.75) is 25.7 Å². The Morgan fingerprint density at radius 1 is 1.36 bits per heavy atom. The number of fused-ring (bicyclic) bond motifs is 1. The zero-order valence-corrected chi connectivity index (χ0v) is 13.3. The average molecular weight is 302 g/mol. The number of nitrogens with zero attached hydrogens (tertiary/aromatic N) is 1. The van der Waals surface area contributed by atoms with E-state index in [9.17, 15) is 4.79 Å². The predicted molar refractivity (Wildman–Crippen MR) is 86.7 cm³/mol. The van der Waals surface area contributed by atoms with Gasteiger partial charge in [0.15, 0.2) is 0 Å². The van der Waals surface area contributed by atoms with Crippen LogP contribution < -0.4 is 10.5 Å². The molecule has 1 saturated carbocycles. The lowest BCUT2D eigenvalue weighted by molar-refractivity contribution is -0.128. The highest BCUT2D eigenvalue weighted by molar-refractivity contribution is 5.78. The lowest BCUT2D eigenvalue weighted by Gasteiger charge is -2.33. The van der Waals surface area contributed by atoms with E-state index < -0.39 is 0 Å². The van der Waals surface area contributed by atoms with Crippen molar-refractivity contribution in [1.29, 1.82) is 0 Å². The van der Waals surface area contributed by atoms with Crippen molar-refractivity contribution >= 4 is 5.91 Å². The molecular weight excluding hydrogens is 276 g/mol. The van der Waals surface area contributed by atoms with Gasteiger partial charge in [0.1, 0.15) is 5.75 Å². The highest BCUT2D eigenvalue weighted by atomic mass is 16.5.